The zero-order valence-electron chi connectivity index (χ0n) is 17.0. The van der Waals surface area contributed by atoms with Crippen molar-refractivity contribution in [2.75, 3.05) is 19.4 Å². The Kier molecular flexibility index (Phi) is 5.99. The second kappa shape index (κ2) is 8.30. The van der Waals surface area contributed by atoms with Crippen LogP contribution in [0.5, 0.6) is 0 Å². The van der Waals surface area contributed by atoms with Crippen molar-refractivity contribution in [3.63, 3.8) is 0 Å². The second-order valence-electron chi connectivity index (χ2n) is 7.33. The number of carbonyl (C=O) groups is 1. The van der Waals surface area contributed by atoms with Gasteiger partial charge in [-0.25, -0.2) is 17.4 Å². The van der Waals surface area contributed by atoms with Gasteiger partial charge in [-0.3, -0.25) is 4.79 Å². The first-order valence-electron chi connectivity index (χ1n) is 9.34. The van der Waals surface area contributed by atoms with Crippen molar-refractivity contribution in [3.05, 3.63) is 48.0 Å². The zero-order chi connectivity index (χ0) is 21.2. The third-order valence-corrected chi connectivity index (χ3v) is 6.49. The van der Waals surface area contributed by atoms with Crippen LogP contribution in [0.15, 0.2) is 47.4 Å². The number of fused-ring (bicyclic) bond motifs is 1. The molecule has 3 aromatic rings. The summed E-state index contributed by atoms with van der Waals surface area (Å²) in [5.41, 5.74) is 3.11. The Bertz CT molecular complexity index is 1120. The molecule has 9 heteroatoms. The Hall–Kier alpha value is -2.78. The molecular formula is C20H25N5O3S. The molecule has 0 bridgehead atoms. The minimum absolute atomic E-state index is 0.127. The van der Waals surface area contributed by atoms with Gasteiger partial charge in [0.25, 0.3) is 0 Å². The predicted octanol–water partition coefficient (Wildman–Crippen LogP) is 2.83. The van der Waals surface area contributed by atoms with Crippen LogP contribution in [0, 0.1) is 0 Å². The summed E-state index contributed by atoms with van der Waals surface area (Å²) in [6.07, 6.45) is 0.224. The first-order chi connectivity index (χ1) is 13.7. The maximum absolute atomic E-state index is 12.3. The Balaban J connectivity index is 1.67. The summed E-state index contributed by atoms with van der Waals surface area (Å²) in [7, 11) is -0.581. The van der Waals surface area contributed by atoms with E-state index in [0.717, 1.165) is 9.99 Å². The van der Waals surface area contributed by atoms with Crippen LogP contribution in [0.2, 0.25) is 0 Å². The Morgan fingerprint density at radius 1 is 1.14 bits per heavy atom. The van der Waals surface area contributed by atoms with Crippen LogP contribution in [0.4, 0.5) is 5.69 Å². The van der Waals surface area contributed by atoms with Gasteiger partial charge < -0.3 is 5.32 Å². The van der Waals surface area contributed by atoms with E-state index in [1.54, 1.807) is 10.7 Å². The number of aromatic nitrogens is 3. The summed E-state index contributed by atoms with van der Waals surface area (Å²) in [5, 5.41) is 11.0. The van der Waals surface area contributed by atoms with Crippen LogP contribution >= 0.6 is 0 Å². The van der Waals surface area contributed by atoms with Gasteiger partial charge in [0.1, 0.15) is 5.52 Å². The monoisotopic (exact) mass is 415 g/mol. The molecule has 1 N–H and O–H groups in total. The molecule has 154 valence electrons. The average molecular weight is 416 g/mol. The number of amides is 1. The maximum Gasteiger partial charge on any atom is 0.242 e. The molecule has 0 aliphatic rings. The second-order valence-corrected chi connectivity index (χ2v) is 9.48. The third-order valence-electron chi connectivity index (χ3n) is 4.68. The molecule has 29 heavy (non-hydrogen) atoms. The molecule has 0 unspecified atom stereocenters. The molecule has 0 saturated heterocycles. The molecule has 3 rings (SSSR count). The van der Waals surface area contributed by atoms with Crippen molar-refractivity contribution in [2.24, 2.45) is 0 Å². The molecule has 0 aliphatic carbocycles. The Labute approximate surface area is 170 Å². The number of aryl methyl sites for hydroxylation is 1. The summed E-state index contributed by atoms with van der Waals surface area (Å²) >= 11 is 0. The topological polar surface area (TPSA) is 97.2 Å². The van der Waals surface area contributed by atoms with Gasteiger partial charge in [0.15, 0.2) is 0 Å². The Morgan fingerprint density at radius 3 is 2.45 bits per heavy atom. The van der Waals surface area contributed by atoms with E-state index in [0.29, 0.717) is 23.5 Å². The van der Waals surface area contributed by atoms with E-state index in [1.807, 2.05) is 24.3 Å². The SMILES string of the molecule is CC(C)c1ccc(NC(=O)CCn2nnc3cc(S(=O)(=O)N(C)C)ccc32)cc1. The number of hydrogen-bond donors (Lipinski definition) is 1. The molecule has 1 aromatic heterocycles. The van der Waals surface area contributed by atoms with Crippen molar-refractivity contribution in [1.82, 2.24) is 19.3 Å². The summed E-state index contributed by atoms with van der Waals surface area (Å²) in [6, 6.07) is 12.5. The lowest BCUT2D eigenvalue weighted by molar-refractivity contribution is -0.116. The average Bonchev–Trinajstić information content (AvgIpc) is 3.09. The van der Waals surface area contributed by atoms with Crippen LogP contribution in [0.25, 0.3) is 11.0 Å². The number of carbonyl (C=O) groups excluding carboxylic acids is 1. The normalized spacial score (nSPS) is 12.1. The standard InChI is InChI=1S/C20H25N5O3S/c1-14(2)15-5-7-16(8-6-15)21-20(26)11-12-25-19-10-9-17(13-18(19)22-23-25)29(27,28)24(3)4/h5-10,13-14H,11-12H2,1-4H3,(H,21,26). The fraction of sp³-hybridized carbons (Fsp3) is 0.350. The molecule has 2 aromatic carbocycles. The van der Waals surface area contributed by atoms with Gasteiger partial charge in [0.05, 0.1) is 17.0 Å². The first-order valence-corrected chi connectivity index (χ1v) is 10.8. The number of benzene rings is 2. The van der Waals surface area contributed by atoms with Gasteiger partial charge in [-0.2, -0.15) is 0 Å². The number of anilines is 1. The summed E-state index contributed by atoms with van der Waals surface area (Å²) in [6.45, 7) is 4.58. The van der Waals surface area contributed by atoms with Crippen molar-refractivity contribution >= 4 is 32.7 Å². The smallest absolute Gasteiger partial charge is 0.242 e. The fourth-order valence-corrected chi connectivity index (χ4v) is 3.79. The van der Waals surface area contributed by atoms with Crippen molar-refractivity contribution < 1.29 is 13.2 Å². The van der Waals surface area contributed by atoms with Gasteiger partial charge in [-0.05, 0) is 41.8 Å². The van der Waals surface area contributed by atoms with Crippen LogP contribution in [0.3, 0.4) is 0 Å². The van der Waals surface area contributed by atoms with Gasteiger partial charge in [0.2, 0.25) is 15.9 Å². The maximum atomic E-state index is 12.3. The summed E-state index contributed by atoms with van der Waals surface area (Å²) < 4.78 is 27.2. The molecule has 1 amide bonds. The molecule has 0 atom stereocenters. The van der Waals surface area contributed by atoms with Crippen LogP contribution in [-0.2, 0) is 21.4 Å². The van der Waals surface area contributed by atoms with Crippen molar-refractivity contribution in [3.8, 4) is 0 Å². The van der Waals surface area contributed by atoms with Crippen LogP contribution in [0.1, 0.15) is 31.7 Å². The van der Waals surface area contributed by atoms with Gasteiger partial charge in [-0.1, -0.05) is 31.2 Å². The molecular weight excluding hydrogens is 390 g/mol. The largest absolute Gasteiger partial charge is 0.326 e. The molecule has 0 fully saturated rings. The lowest BCUT2D eigenvalue weighted by Crippen LogP contribution is -2.22. The van der Waals surface area contributed by atoms with E-state index in [4.69, 9.17) is 0 Å². The quantitative estimate of drug-likeness (QED) is 0.640. The number of nitrogens with zero attached hydrogens (tertiary/aromatic N) is 4. The lowest BCUT2D eigenvalue weighted by Gasteiger charge is -2.11. The number of sulfonamides is 1. The van der Waals surface area contributed by atoms with E-state index < -0.39 is 10.0 Å². The molecule has 0 radical (unpaired) electrons. The highest BCUT2D eigenvalue weighted by Crippen LogP contribution is 2.20. The number of hydrogen-bond acceptors (Lipinski definition) is 5. The zero-order valence-corrected chi connectivity index (χ0v) is 17.8. The van der Waals surface area contributed by atoms with E-state index in [9.17, 15) is 13.2 Å². The highest BCUT2D eigenvalue weighted by molar-refractivity contribution is 7.89. The van der Waals surface area contributed by atoms with E-state index in [-0.39, 0.29) is 17.2 Å². The third kappa shape index (κ3) is 4.63. The fourth-order valence-electron chi connectivity index (χ4n) is 2.87. The molecule has 0 saturated carbocycles. The minimum atomic E-state index is -3.54. The Morgan fingerprint density at radius 2 is 1.83 bits per heavy atom. The van der Waals surface area contributed by atoms with Crippen LogP contribution in [-0.4, -0.2) is 47.7 Å². The summed E-state index contributed by atoms with van der Waals surface area (Å²) in [4.78, 5) is 12.4. The van der Waals surface area contributed by atoms with Gasteiger partial charge in [0, 0.05) is 26.2 Å². The van der Waals surface area contributed by atoms with Crippen molar-refractivity contribution in [1.29, 1.82) is 0 Å². The van der Waals surface area contributed by atoms with E-state index in [1.165, 1.54) is 31.8 Å². The molecule has 0 spiro atoms. The van der Waals surface area contributed by atoms with Gasteiger partial charge in [-0.15, -0.1) is 5.10 Å². The molecule has 0 aliphatic heterocycles. The van der Waals surface area contributed by atoms with Crippen molar-refractivity contribution in [2.45, 2.75) is 37.6 Å². The predicted molar refractivity (Wildman–Crippen MR) is 112 cm³/mol. The molecule has 1 heterocycles. The molecule has 8 nitrogen and oxygen atoms in total. The van der Waals surface area contributed by atoms with E-state index in [2.05, 4.69) is 29.5 Å². The van der Waals surface area contributed by atoms with Gasteiger partial charge >= 0.3 is 0 Å². The summed E-state index contributed by atoms with van der Waals surface area (Å²) in [5.74, 6) is 0.311. The lowest BCUT2D eigenvalue weighted by atomic mass is 10.0. The minimum Gasteiger partial charge on any atom is -0.326 e. The van der Waals surface area contributed by atoms with Crippen LogP contribution < -0.4 is 5.32 Å². The number of rotatable bonds is 7. The highest BCUT2D eigenvalue weighted by atomic mass is 32.2. The van der Waals surface area contributed by atoms with E-state index >= 15 is 0 Å². The highest BCUT2D eigenvalue weighted by Gasteiger charge is 2.19. The number of nitrogens with one attached hydrogen (secondary N) is 1. The first kappa shape index (κ1) is 20.9.